The third-order valence-corrected chi connectivity index (χ3v) is 4.59. The molecule has 2 aromatic carbocycles. The maximum atomic E-state index is 13.2. The molecule has 160 valence electrons. The summed E-state index contributed by atoms with van der Waals surface area (Å²) in [6.45, 7) is -0.566. The van der Waals surface area contributed by atoms with Crippen molar-refractivity contribution in [1.29, 1.82) is 0 Å². The van der Waals surface area contributed by atoms with Gasteiger partial charge >= 0.3 is 6.18 Å². The Kier molecular flexibility index (Phi) is 6.33. The van der Waals surface area contributed by atoms with Crippen molar-refractivity contribution in [2.75, 3.05) is 6.54 Å². The van der Waals surface area contributed by atoms with Gasteiger partial charge < -0.3 is 4.90 Å². The topological polar surface area (TPSA) is 76.3 Å². The average molecular weight is 429 g/mol. The fourth-order valence-corrected chi connectivity index (χ4v) is 3.17. The van der Waals surface area contributed by atoms with Crippen molar-refractivity contribution in [3.63, 3.8) is 0 Å². The van der Waals surface area contributed by atoms with Crippen LogP contribution in [0.5, 0.6) is 0 Å². The summed E-state index contributed by atoms with van der Waals surface area (Å²) in [7, 11) is 0. The summed E-state index contributed by atoms with van der Waals surface area (Å²) in [5.74, 6) is -0.903. The number of aryl methyl sites for hydroxylation is 1. The smallest absolute Gasteiger partial charge is 0.325 e. The molecule has 0 radical (unpaired) electrons. The van der Waals surface area contributed by atoms with Crippen LogP contribution in [0.4, 0.5) is 18.9 Å². The highest BCUT2D eigenvalue weighted by atomic mass is 19.4. The number of pyridine rings is 1. The molecule has 0 aliphatic rings. The van der Waals surface area contributed by atoms with Gasteiger partial charge in [0.15, 0.2) is 0 Å². The van der Waals surface area contributed by atoms with Crippen LogP contribution >= 0.6 is 0 Å². The second kappa shape index (κ2) is 8.95. The van der Waals surface area contributed by atoms with Crippen LogP contribution in [-0.4, -0.2) is 33.4 Å². The zero-order chi connectivity index (χ0) is 22.6. The van der Waals surface area contributed by atoms with Gasteiger partial charge in [-0.05, 0) is 19.1 Å². The molecule has 0 saturated carbocycles. The third kappa shape index (κ3) is 5.44. The molecule has 3 aromatic rings. The Morgan fingerprint density at radius 2 is 1.68 bits per heavy atom. The number of hydrogen-bond acceptors (Lipinski definition) is 4. The normalized spacial score (nSPS) is 11.2. The van der Waals surface area contributed by atoms with Crippen molar-refractivity contribution in [2.45, 2.75) is 19.6 Å². The van der Waals surface area contributed by atoms with Crippen molar-refractivity contribution in [3.8, 4) is 11.3 Å². The number of para-hydroxylation sites is 1. The number of hydrogen-bond donors (Lipinski definition) is 0. The van der Waals surface area contributed by atoms with Crippen molar-refractivity contribution in [3.05, 3.63) is 93.7 Å². The van der Waals surface area contributed by atoms with Crippen LogP contribution in [-0.2, 0) is 6.54 Å². The number of amides is 1. The van der Waals surface area contributed by atoms with Gasteiger partial charge in [-0.1, -0.05) is 48.5 Å². The summed E-state index contributed by atoms with van der Waals surface area (Å²) in [6, 6.07) is 17.5. The summed E-state index contributed by atoms with van der Waals surface area (Å²) in [5.41, 5.74) is 1.31. The van der Waals surface area contributed by atoms with Gasteiger partial charge in [0.2, 0.25) is 0 Å². The summed E-state index contributed by atoms with van der Waals surface area (Å²) < 4.78 is 39.6. The molecule has 1 aromatic heterocycles. The molecule has 1 amide bonds. The minimum atomic E-state index is -4.68. The fourth-order valence-electron chi connectivity index (χ4n) is 3.17. The minimum Gasteiger partial charge on any atom is -0.325 e. The van der Waals surface area contributed by atoms with Crippen LogP contribution < -0.4 is 0 Å². The fraction of sp³-hybridized carbons (Fsp3) is 0.182. The highest BCUT2D eigenvalue weighted by Crippen LogP contribution is 2.26. The lowest BCUT2D eigenvalue weighted by Gasteiger charge is -2.24. The van der Waals surface area contributed by atoms with Gasteiger partial charge in [-0.15, -0.1) is 0 Å². The molecule has 0 aliphatic heterocycles. The molecule has 0 N–H and O–H groups in total. The van der Waals surface area contributed by atoms with Crippen molar-refractivity contribution in [1.82, 2.24) is 9.88 Å². The molecule has 31 heavy (non-hydrogen) atoms. The van der Waals surface area contributed by atoms with Crippen molar-refractivity contribution >= 4 is 11.6 Å². The third-order valence-electron chi connectivity index (χ3n) is 4.59. The number of carbonyl (C=O) groups is 1. The maximum Gasteiger partial charge on any atom is 0.406 e. The Balaban J connectivity index is 1.95. The second-order valence-electron chi connectivity index (χ2n) is 6.86. The van der Waals surface area contributed by atoms with E-state index in [1.165, 1.54) is 37.3 Å². The van der Waals surface area contributed by atoms with E-state index in [2.05, 4.69) is 4.98 Å². The van der Waals surface area contributed by atoms with E-state index in [1.54, 1.807) is 6.07 Å². The lowest BCUT2D eigenvalue weighted by atomic mass is 10.1. The quantitative estimate of drug-likeness (QED) is 0.400. The predicted molar refractivity (Wildman–Crippen MR) is 108 cm³/mol. The molecule has 0 fully saturated rings. The number of carbonyl (C=O) groups excluding carboxylic acids is 1. The van der Waals surface area contributed by atoms with E-state index >= 15 is 0 Å². The van der Waals surface area contributed by atoms with Gasteiger partial charge in [-0.2, -0.15) is 13.2 Å². The largest absolute Gasteiger partial charge is 0.406 e. The number of nitrogens with zero attached hydrogens (tertiary/aromatic N) is 3. The van der Waals surface area contributed by atoms with Gasteiger partial charge in [0.1, 0.15) is 6.54 Å². The van der Waals surface area contributed by atoms with Gasteiger partial charge in [0.25, 0.3) is 11.6 Å². The first-order chi connectivity index (χ1) is 14.7. The minimum absolute atomic E-state index is 0.00233. The maximum absolute atomic E-state index is 13.2. The molecule has 9 heteroatoms. The van der Waals surface area contributed by atoms with E-state index in [0.717, 1.165) is 5.56 Å². The van der Waals surface area contributed by atoms with E-state index in [4.69, 9.17) is 0 Å². The number of halogens is 3. The van der Waals surface area contributed by atoms with E-state index in [0.29, 0.717) is 10.6 Å². The first-order valence-electron chi connectivity index (χ1n) is 9.27. The number of rotatable bonds is 6. The Morgan fingerprint density at radius 1 is 1.03 bits per heavy atom. The lowest BCUT2D eigenvalue weighted by Crippen LogP contribution is -2.39. The van der Waals surface area contributed by atoms with E-state index in [1.807, 2.05) is 30.3 Å². The first-order valence-corrected chi connectivity index (χ1v) is 9.27. The van der Waals surface area contributed by atoms with Crippen LogP contribution in [0.3, 0.4) is 0 Å². The average Bonchev–Trinajstić information content (AvgIpc) is 2.72. The number of benzene rings is 2. The lowest BCUT2D eigenvalue weighted by molar-refractivity contribution is -0.385. The van der Waals surface area contributed by atoms with Crippen LogP contribution in [0, 0.1) is 17.0 Å². The van der Waals surface area contributed by atoms with Crippen molar-refractivity contribution < 1.29 is 22.9 Å². The first kappa shape index (κ1) is 21.9. The number of alkyl halides is 3. The Morgan fingerprint density at radius 3 is 2.29 bits per heavy atom. The zero-order valence-electron chi connectivity index (χ0n) is 16.5. The van der Waals surface area contributed by atoms with E-state index in [9.17, 15) is 28.1 Å². The highest BCUT2D eigenvalue weighted by molar-refractivity contribution is 5.95. The molecule has 0 saturated heterocycles. The molecule has 3 rings (SSSR count). The van der Waals surface area contributed by atoms with Gasteiger partial charge in [-0.25, -0.2) is 0 Å². The molecule has 0 bridgehead atoms. The Bertz CT molecular complexity index is 1100. The summed E-state index contributed by atoms with van der Waals surface area (Å²) >= 11 is 0. The van der Waals surface area contributed by atoms with Crippen LogP contribution in [0.15, 0.2) is 66.7 Å². The van der Waals surface area contributed by atoms with Crippen molar-refractivity contribution in [2.24, 2.45) is 0 Å². The van der Waals surface area contributed by atoms with Gasteiger partial charge in [0.05, 0.1) is 28.4 Å². The molecule has 6 nitrogen and oxygen atoms in total. The van der Waals surface area contributed by atoms with Gasteiger partial charge in [0, 0.05) is 17.2 Å². The number of nitro benzene ring substituents is 1. The number of nitro groups is 1. The molecular formula is C22H18F3N3O3. The second-order valence-corrected chi connectivity index (χ2v) is 6.86. The molecule has 0 unspecified atom stereocenters. The summed E-state index contributed by atoms with van der Waals surface area (Å²) in [6.07, 6.45) is -4.68. The standard InChI is InChI=1S/C22H18F3N3O3/c1-15-18(11-12-19(26-15)16-7-3-2-4-8-16)21(29)27(14-22(23,24)25)13-17-9-5-6-10-20(17)28(30)31/h2-12H,13-14H2,1H3. The molecule has 0 spiro atoms. The SMILES string of the molecule is Cc1nc(-c2ccccc2)ccc1C(=O)N(Cc1ccccc1[N+](=O)[O-])CC(F)(F)F. The van der Waals surface area contributed by atoms with Crippen LogP contribution in [0.25, 0.3) is 11.3 Å². The van der Waals surface area contributed by atoms with Crippen LogP contribution in [0.2, 0.25) is 0 Å². The predicted octanol–water partition coefficient (Wildman–Crippen LogP) is 5.17. The Hall–Kier alpha value is -3.75. The summed E-state index contributed by atoms with van der Waals surface area (Å²) in [4.78, 5) is 28.4. The monoisotopic (exact) mass is 429 g/mol. The van der Waals surface area contributed by atoms with E-state index in [-0.39, 0.29) is 22.5 Å². The molecule has 0 aliphatic carbocycles. The van der Waals surface area contributed by atoms with Gasteiger partial charge in [-0.3, -0.25) is 19.9 Å². The zero-order valence-corrected chi connectivity index (χ0v) is 16.5. The molecule has 0 atom stereocenters. The Labute approximate surface area is 176 Å². The van der Waals surface area contributed by atoms with E-state index < -0.39 is 30.1 Å². The number of aromatic nitrogens is 1. The van der Waals surface area contributed by atoms with Crippen LogP contribution in [0.1, 0.15) is 21.6 Å². The summed E-state index contributed by atoms with van der Waals surface area (Å²) in [5, 5.41) is 11.2. The molecule has 1 heterocycles. The highest BCUT2D eigenvalue weighted by Gasteiger charge is 2.35. The molecular weight excluding hydrogens is 411 g/mol.